The van der Waals surface area contributed by atoms with E-state index in [4.69, 9.17) is 0 Å². The Hall–Kier alpha value is -2.47. The molecule has 0 saturated carbocycles. The van der Waals surface area contributed by atoms with Gasteiger partial charge >= 0.3 is 0 Å². The van der Waals surface area contributed by atoms with Crippen molar-refractivity contribution in [2.24, 2.45) is 0 Å². The molecular formula is C17H17N3O2S. The van der Waals surface area contributed by atoms with E-state index in [0.29, 0.717) is 0 Å². The van der Waals surface area contributed by atoms with Gasteiger partial charge in [-0.1, -0.05) is 11.8 Å². The third-order valence-corrected chi connectivity index (χ3v) is 4.60. The third-order valence-electron chi connectivity index (χ3n) is 3.50. The minimum Gasteiger partial charge on any atom is -0.343 e. The molecule has 3 rings (SSSR count). The van der Waals surface area contributed by atoms with Crippen molar-refractivity contribution in [1.29, 1.82) is 0 Å². The second kappa shape index (κ2) is 5.96. The van der Waals surface area contributed by atoms with Crippen LogP contribution in [0, 0.1) is 0 Å². The van der Waals surface area contributed by atoms with Crippen molar-refractivity contribution in [2.75, 3.05) is 22.6 Å². The molecule has 0 saturated heterocycles. The fraction of sp³-hybridized carbons (Fsp3) is 0.176. The third kappa shape index (κ3) is 3.17. The molecule has 23 heavy (non-hydrogen) atoms. The van der Waals surface area contributed by atoms with Gasteiger partial charge in [0.15, 0.2) is 0 Å². The van der Waals surface area contributed by atoms with Crippen molar-refractivity contribution in [2.45, 2.75) is 23.6 Å². The SMILES string of the molecule is CC(=O)Nc1ccc2c(c1)Sc1cc(NC(C)=O)ccc1N2C. The Balaban J connectivity index is 1.97. The highest BCUT2D eigenvalue weighted by atomic mass is 32.2. The molecule has 1 heterocycles. The summed E-state index contributed by atoms with van der Waals surface area (Å²) in [6, 6.07) is 11.7. The van der Waals surface area contributed by atoms with Crippen LogP contribution in [0.1, 0.15) is 13.8 Å². The molecule has 6 heteroatoms. The second-order valence-corrected chi connectivity index (χ2v) is 6.47. The Bertz CT molecular complexity index is 739. The molecular weight excluding hydrogens is 310 g/mol. The lowest BCUT2D eigenvalue weighted by Gasteiger charge is -2.30. The summed E-state index contributed by atoms with van der Waals surface area (Å²) in [6.07, 6.45) is 0. The molecule has 0 radical (unpaired) electrons. The second-order valence-electron chi connectivity index (χ2n) is 5.39. The first kappa shape index (κ1) is 15.4. The van der Waals surface area contributed by atoms with Crippen molar-refractivity contribution in [3.63, 3.8) is 0 Å². The summed E-state index contributed by atoms with van der Waals surface area (Å²) in [5.41, 5.74) is 3.73. The van der Waals surface area contributed by atoms with Gasteiger partial charge in [0.25, 0.3) is 0 Å². The number of hydrogen-bond donors (Lipinski definition) is 2. The Morgan fingerprint density at radius 3 is 1.70 bits per heavy atom. The highest BCUT2D eigenvalue weighted by Gasteiger charge is 2.21. The average Bonchev–Trinajstić information content (AvgIpc) is 2.45. The summed E-state index contributed by atoms with van der Waals surface area (Å²) >= 11 is 1.62. The van der Waals surface area contributed by atoms with Crippen molar-refractivity contribution in [3.05, 3.63) is 36.4 Å². The molecule has 2 amide bonds. The van der Waals surface area contributed by atoms with Crippen LogP contribution >= 0.6 is 11.8 Å². The van der Waals surface area contributed by atoms with Crippen molar-refractivity contribution < 1.29 is 9.59 Å². The van der Waals surface area contributed by atoms with Crippen LogP contribution in [0.5, 0.6) is 0 Å². The number of amides is 2. The number of nitrogens with zero attached hydrogens (tertiary/aromatic N) is 1. The van der Waals surface area contributed by atoms with E-state index < -0.39 is 0 Å². The van der Waals surface area contributed by atoms with E-state index in [-0.39, 0.29) is 11.8 Å². The van der Waals surface area contributed by atoms with Crippen molar-refractivity contribution in [3.8, 4) is 0 Å². The first-order chi connectivity index (χ1) is 10.9. The average molecular weight is 327 g/mol. The van der Waals surface area contributed by atoms with Gasteiger partial charge in [-0.15, -0.1) is 0 Å². The van der Waals surface area contributed by atoms with Crippen LogP contribution in [0.3, 0.4) is 0 Å². The molecule has 2 aromatic carbocycles. The largest absolute Gasteiger partial charge is 0.343 e. The van der Waals surface area contributed by atoms with Crippen LogP contribution in [0.15, 0.2) is 46.2 Å². The number of carbonyl (C=O) groups is 2. The van der Waals surface area contributed by atoms with Gasteiger partial charge in [-0.3, -0.25) is 9.59 Å². The Morgan fingerprint density at radius 1 is 0.870 bits per heavy atom. The maximum atomic E-state index is 11.2. The molecule has 0 atom stereocenters. The maximum absolute atomic E-state index is 11.2. The molecule has 0 aliphatic carbocycles. The van der Waals surface area contributed by atoms with Crippen LogP contribution in [0.25, 0.3) is 0 Å². The number of carbonyl (C=O) groups excluding carboxylic acids is 2. The molecule has 2 aromatic rings. The van der Waals surface area contributed by atoms with E-state index in [1.165, 1.54) is 13.8 Å². The van der Waals surface area contributed by atoms with E-state index in [9.17, 15) is 9.59 Å². The quantitative estimate of drug-likeness (QED) is 0.880. The van der Waals surface area contributed by atoms with Gasteiger partial charge in [0.2, 0.25) is 11.8 Å². The van der Waals surface area contributed by atoms with Gasteiger partial charge < -0.3 is 15.5 Å². The number of rotatable bonds is 2. The number of anilines is 4. The minimum absolute atomic E-state index is 0.0903. The zero-order chi connectivity index (χ0) is 16.6. The predicted octanol–water partition coefficient (Wildman–Crippen LogP) is 3.84. The number of fused-ring (bicyclic) bond motifs is 2. The summed E-state index contributed by atoms with van der Waals surface area (Å²) < 4.78 is 0. The summed E-state index contributed by atoms with van der Waals surface area (Å²) in [5, 5.41) is 5.61. The van der Waals surface area contributed by atoms with E-state index in [0.717, 1.165) is 32.5 Å². The molecule has 2 N–H and O–H groups in total. The zero-order valence-electron chi connectivity index (χ0n) is 13.1. The number of benzene rings is 2. The van der Waals surface area contributed by atoms with Gasteiger partial charge in [0, 0.05) is 42.1 Å². The van der Waals surface area contributed by atoms with Crippen LogP contribution < -0.4 is 15.5 Å². The minimum atomic E-state index is -0.0903. The van der Waals surface area contributed by atoms with Gasteiger partial charge in [-0.25, -0.2) is 0 Å². The van der Waals surface area contributed by atoms with Gasteiger partial charge in [0.05, 0.1) is 11.4 Å². The molecule has 0 bridgehead atoms. The van der Waals surface area contributed by atoms with Crippen LogP contribution in [-0.4, -0.2) is 18.9 Å². The smallest absolute Gasteiger partial charge is 0.221 e. The Kier molecular flexibility index (Phi) is 4.00. The monoisotopic (exact) mass is 327 g/mol. The summed E-state index contributed by atoms with van der Waals surface area (Å²) in [5.74, 6) is -0.181. The van der Waals surface area contributed by atoms with E-state index in [1.54, 1.807) is 11.8 Å². The normalized spacial score (nSPS) is 12.2. The van der Waals surface area contributed by atoms with Crippen LogP contribution in [0.4, 0.5) is 22.7 Å². The molecule has 118 valence electrons. The Labute approximate surface area is 139 Å². The number of nitrogens with one attached hydrogen (secondary N) is 2. The molecule has 0 unspecified atom stereocenters. The molecule has 0 fully saturated rings. The predicted molar refractivity (Wildman–Crippen MR) is 93.7 cm³/mol. The van der Waals surface area contributed by atoms with E-state index in [2.05, 4.69) is 15.5 Å². The zero-order valence-corrected chi connectivity index (χ0v) is 14.0. The lowest BCUT2D eigenvalue weighted by atomic mass is 10.2. The summed E-state index contributed by atoms with van der Waals surface area (Å²) in [4.78, 5) is 26.7. The molecule has 1 aliphatic rings. The van der Waals surface area contributed by atoms with Gasteiger partial charge in [0.1, 0.15) is 0 Å². The van der Waals surface area contributed by atoms with E-state index in [1.807, 2.05) is 43.4 Å². The number of hydrogen-bond acceptors (Lipinski definition) is 4. The van der Waals surface area contributed by atoms with Crippen molar-refractivity contribution >= 4 is 46.3 Å². The maximum Gasteiger partial charge on any atom is 0.221 e. The standard InChI is InChI=1S/C17H17N3O2S/c1-10(21)18-12-4-6-14-16(8-12)23-17-9-13(19-11(2)22)5-7-15(17)20(14)3/h4-9H,1-3H3,(H,18,21)(H,19,22). The van der Waals surface area contributed by atoms with Crippen LogP contribution in [0.2, 0.25) is 0 Å². The fourth-order valence-corrected chi connectivity index (χ4v) is 3.78. The highest BCUT2D eigenvalue weighted by molar-refractivity contribution is 7.99. The molecule has 1 aliphatic heterocycles. The van der Waals surface area contributed by atoms with Gasteiger partial charge in [-0.2, -0.15) is 0 Å². The van der Waals surface area contributed by atoms with E-state index >= 15 is 0 Å². The fourth-order valence-electron chi connectivity index (χ4n) is 2.56. The van der Waals surface area contributed by atoms with Gasteiger partial charge in [-0.05, 0) is 36.4 Å². The highest BCUT2D eigenvalue weighted by Crippen LogP contribution is 2.48. The van der Waals surface area contributed by atoms with Crippen molar-refractivity contribution in [1.82, 2.24) is 0 Å². The molecule has 5 nitrogen and oxygen atoms in total. The summed E-state index contributed by atoms with van der Waals surface area (Å²) in [7, 11) is 2.01. The molecule has 0 aromatic heterocycles. The lowest BCUT2D eigenvalue weighted by Crippen LogP contribution is -2.15. The summed E-state index contributed by atoms with van der Waals surface area (Å²) in [6.45, 7) is 2.99. The Morgan fingerprint density at radius 2 is 1.30 bits per heavy atom. The topological polar surface area (TPSA) is 61.4 Å². The first-order valence-electron chi connectivity index (χ1n) is 7.19. The first-order valence-corrected chi connectivity index (χ1v) is 8.00. The molecule has 0 spiro atoms. The lowest BCUT2D eigenvalue weighted by molar-refractivity contribution is -0.115. The van der Waals surface area contributed by atoms with Crippen LogP contribution in [-0.2, 0) is 9.59 Å².